The zero-order valence-corrected chi connectivity index (χ0v) is 14.3. The molecule has 0 amide bonds. The standard InChI is InChI=1S/C20H19FO5/c1-2-25-20(24)16(12-19(22)23)11-14-5-9-18(10-6-14)26-13-15-3-7-17(21)8-4-15/h3-11H,2,12-13H2,1H3,(H,22,23)/b16-11+. The van der Waals surface area contributed by atoms with Gasteiger partial charge in [-0.05, 0) is 48.4 Å². The van der Waals surface area contributed by atoms with Crippen LogP contribution in [0.4, 0.5) is 4.39 Å². The maximum atomic E-state index is 12.9. The molecule has 0 atom stereocenters. The van der Waals surface area contributed by atoms with Gasteiger partial charge in [0.05, 0.1) is 13.0 Å². The number of benzene rings is 2. The van der Waals surface area contributed by atoms with Gasteiger partial charge in [-0.3, -0.25) is 4.79 Å². The number of esters is 1. The summed E-state index contributed by atoms with van der Waals surface area (Å²) in [6, 6.07) is 12.9. The molecule has 2 aromatic carbocycles. The topological polar surface area (TPSA) is 72.8 Å². The van der Waals surface area contributed by atoms with E-state index in [1.165, 1.54) is 18.2 Å². The summed E-state index contributed by atoms with van der Waals surface area (Å²) in [6.45, 7) is 2.12. The van der Waals surface area contributed by atoms with Crippen molar-refractivity contribution in [1.29, 1.82) is 0 Å². The summed E-state index contributed by atoms with van der Waals surface area (Å²) in [5.74, 6) is -1.46. The van der Waals surface area contributed by atoms with Crippen LogP contribution in [-0.2, 0) is 20.9 Å². The van der Waals surface area contributed by atoms with Crippen LogP contribution >= 0.6 is 0 Å². The number of hydrogen-bond acceptors (Lipinski definition) is 4. The van der Waals surface area contributed by atoms with Crippen molar-refractivity contribution in [2.75, 3.05) is 6.61 Å². The molecule has 0 heterocycles. The van der Waals surface area contributed by atoms with Crippen LogP contribution in [-0.4, -0.2) is 23.7 Å². The average molecular weight is 358 g/mol. The fraction of sp³-hybridized carbons (Fsp3) is 0.200. The third-order valence-electron chi connectivity index (χ3n) is 3.42. The van der Waals surface area contributed by atoms with Crippen LogP contribution in [0, 0.1) is 5.82 Å². The van der Waals surface area contributed by atoms with Gasteiger partial charge in [-0.25, -0.2) is 9.18 Å². The Balaban J connectivity index is 2.05. The first-order chi connectivity index (χ1) is 12.5. The SMILES string of the molecule is CCOC(=O)/C(=C/c1ccc(OCc2ccc(F)cc2)cc1)CC(=O)O. The highest BCUT2D eigenvalue weighted by Gasteiger charge is 2.14. The number of ether oxygens (including phenoxy) is 2. The van der Waals surface area contributed by atoms with Gasteiger partial charge in [-0.2, -0.15) is 0 Å². The lowest BCUT2D eigenvalue weighted by molar-refractivity contribution is -0.142. The second-order valence-electron chi connectivity index (χ2n) is 5.44. The number of carbonyl (C=O) groups excluding carboxylic acids is 1. The van der Waals surface area contributed by atoms with Crippen LogP contribution in [0.2, 0.25) is 0 Å². The fourth-order valence-corrected chi connectivity index (χ4v) is 2.18. The van der Waals surface area contributed by atoms with Gasteiger partial charge in [0.15, 0.2) is 0 Å². The normalized spacial score (nSPS) is 11.1. The van der Waals surface area contributed by atoms with Gasteiger partial charge < -0.3 is 14.6 Å². The number of aliphatic carboxylic acids is 1. The Kier molecular flexibility index (Phi) is 6.91. The molecule has 0 unspecified atom stereocenters. The number of rotatable bonds is 8. The highest BCUT2D eigenvalue weighted by Crippen LogP contribution is 2.18. The summed E-state index contributed by atoms with van der Waals surface area (Å²) in [7, 11) is 0. The molecule has 0 aliphatic rings. The predicted octanol–water partition coefficient (Wildman–Crippen LogP) is 3.83. The number of halogens is 1. The summed E-state index contributed by atoms with van der Waals surface area (Å²) >= 11 is 0. The van der Waals surface area contributed by atoms with Crippen LogP contribution in [0.1, 0.15) is 24.5 Å². The first kappa shape index (κ1) is 19.2. The second-order valence-corrected chi connectivity index (χ2v) is 5.44. The van der Waals surface area contributed by atoms with E-state index in [9.17, 15) is 14.0 Å². The van der Waals surface area contributed by atoms with Crippen molar-refractivity contribution in [2.45, 2.75) is 20.0 Å². The molecular weight excluding hydrogens is 339 g/mol. The highest BCUT2D eigenvalue weighted by molar-refractivity contribution is 5.97. The van der Waals surface area contributed by atoms with Crippen LogP contribution < -0.4 is 4.74 Å². The fourth-order valence-electron chi connectivity index (χ4n) is 2.18. The third-order valence-corrected chi connectivity index (χ3v) is 3.42. The molecule has 0 aliphatic heterocycles. The maximum Gasteiger partial charge on any atom is 0.334 e. The molecule has 2 rings (SSSR count). The van der Waals surface area contributed by atoms with Crippen molar-refractivity contribution in [1.82, 2.24) is 0 Å². The minimum absolute atomic E-state index is 0.0688. The van der Waals surface area contributed by atoms with Crippen LogP contribution in [0.3, 0.4) is 0 Å². The molecular formula is C20H19FO5. The Morgan fingerprint density at radius 1 is 1.08 bits per heavy atom. The molecule has 0 bridgehead atoms. The smallest absolute Gasteiger partial charge is 0.334 e. The van der Waals surface area contributed by atoms with Crippen molar-refractivity contribution >= 4 is 18.0 Å². The Labute approximate surface area is 150 Å². The number of hydrogen-bond donors (Lipinski definition) is 1. The van der Waals surface area contributed by atoms with Gasteiger partial charge >= 0.3 is 11.9 Å². The van der Waals surface area contributed by atoms with E-state index in [0.29, 0.717) is 17.9 Å². The second kappa shape index (κ2) is 9.36. The van der Waals surface area contributed by atoms with Crippen molar-refractivity contribution in [3.8, 4) is 5.75 Å². The van der Waals surface area contributed by atoms with E-state index < -0.39 is 18.4 Å². The summed E-state index contributed by atoms with van der Waals surface area (Å²) in [4.78, 5) is 22.7. The molecule has 6 heteroatoms. The van der Waals surface area contributed by atoms with Crippen molar-refractivity contribution in [2.24, 2.45) is 0 Å². The number of carboxylic acid groups (broad SMARTS) is 1. The molecule has 0 saturated carbocycles. The summed E-state index contributed by atoms with van der Waals surface area (Å²) in [5, 5.41) is 8.93. The lowest BCUT2D eigenvalue weighted by Crippen LogP contribution is -2.11. The van der Waals surface area contributed by atoms with Crippen molar-refractivity contribution in [3.63, 3.8) is 0 Å². The number of carbonyl (C=O) groups is 2. The van der Waals surface area contributed by atoms with E-state index in [4.69, 9.17) is 14.6 Å². The Bertz CT molecular complexity index is 779. The van der Waals surface area contributed by atoms with Crippen LogP contribution in [0.15, 0.2) is 54.1 Å². The molecule has 0 aromatic heterocycles. The van der Waals surface area contributed by atoms with Gasteiger partial charge in [0.1, 0.15) is 18.2 Å². The van der Waals surface area contributed by atoms with E-state index >= 15 is 0 Å². The molecule has 5 nitrogen and oxygen atoms in total. The summed E-state index contributed by atoms with van der Waals surface area (Å²) in [6.07, 6.45) is 1.07. The van der Waals surface area contributed by atoms with E-state index in [2.05, 4.69) is 0 Å². The van der Waals surface area contributed by atoms with Crippen LogP contribution in [0.5, 0.6) is 5.75 Å². The minimum atomic E-state index is -1.11. The lowest BCUT2D eigenvalue weighted by Gasteiger charge is -2.08. The largest absolute Gasteiger partial charge is 0.489 e. The van der Waals surface area contributed by atoms with Crippen molar-refractivity contribution < 1.29 is 28.6 Å². The van der Waals surface area contributed by atoms with Crippen molar-refractivity contribution in [3.05, 3.63) is 71.0 Å². The van der Waals surface area contributed by atoms with Crippen LogP contribution in [0.25, 0.3) is 6.08 Å². The molecule has 0 radical (unpaired) electrons. The van der Waals surface area contributed by atoms with Gasteiger partial charge in [0.25, 0.3) is 0 Å². The van der Waals surface area contributed by atoms with Gasteiger partial charge in [0.2, 0.25) is 0 Å². The average Bonchev–Trinajstić information content (AvgIpc) is 2.62. The van der Waals surface area contributed by atoms with Gasteiger partial charge in [-0.1, -0.05) is 24.3 Å². The summed E-state index contributed by atoms with van der Waals surface area (Å²) < 4.78 is 23.4. The first-order valence-corrected chi connectivity index (χ1v) is 8.04. The zero-order chi connectivity index (χ0) is 18.9. The van der Waals surface area contributed by atoms with Gasteiger partial charge in [0, 0.05) is 5.57 Å². The van der Waals surface area contributed by atoms with E-state index in [-0.39, 0.29) is 18.0 Å². The predicted molar refractivity (Wildman–Crippen MR) is 94.0 cm³/mol. The molecule has 136 valence electrons. The quantitative estimate of drug-likeness (QED) is 0.574. The van der Waals surface area contributed by atoms with E-state index in [1.54, 1.807) is 43.3 Å². The Hall–Kier alpha value is -3.15. The molecule has 1 N–H and O–H groups in total. The van der Waals surface area contributed by atoms with E-state index in [0.717, 1.165) is 5.56 Å². The molecule has 0 fully saturated rings. The third kappa shape index (κ3) is 6.05. The monoisotopic (exact) mass is 358 g/mol. The molecule has 0 spiro atoms. The lowest BCUT2D eigenvalue weighted by atomic mass is 10.1. The van der Waals surface area contributed by atoms with Gasteiger partial charge in [-0.15, -0.1) is 0 Å². The molecule has 26 heavy (non-hydrogen) atoms. The highest BCUT2D eigenvalue weighted by atomic mass is 19.1. The maximum absolute atomic E-state index is 12.9. The molecule has 0 saturated heterocycles. The molecule has 0 aliphatic carbocycles. The Morgan fingerprint density at radius 3 is 2.31 bits per heavy atom. The first-order valence-electron chi connectivity index (χ1n) is 8.04. The number of carboxylic acids is 1. The Morgan fingerprint density at radius 2 is 1.73 bits per heavy atom. The summed E-state index contributed by atoms with van der Waals surface area (Å²) in [5.41, 5.74) is 1.56. The minimum Gasteiger partial charge on any atom is -0.489 e. The van der Waals surface area contributed by atoms with E-state index in [1.807, 2.05) is 0 Å². The zero-order valence-electron chi connectivity index (χ0n) is 14.3. The molecule has 2 aromatic rings.